The second-order valence-electron chi connectivity index (χ2n) is 4.29. The monoisotopic (exact) mass is 314 g/mol. The van der Waals surface area contributed by atoms with Crippen molar-refractivity contribution in [1.29, 1.82) is 0 Å². The highest BCUT2D eigenvalue weighted by Gasteiger charge is 2.31. The van der Waals surface area contributed by atoms with E-state index in [0.29, 0.717) is 5.56 Å². The van der Waals surface area contributed by atoms with E-state index in [-0.39, 0.29) is 5.69 Å². The molecule has 0 saturated heterocycles. The number of alkyl halides is 6. The van der Waals surface area contributed by atoms with Gasteiger partial charge in [0.25, 0.3) is 0 Å². The third-order valence-electron chi connectivity index (χ3n) is 2.45. The summed E-state index contributed by atoms with van der Waals surface area (Å²) in [4.78, 5) is 11.4. The van der Waals surface area contributed by atoms with Gasteiger partial charge in [0, 0.05) is 5.69 Å². The van der Waals surface area contributed by atoms with Crippen LogP contribution in [-0.4, -0.2) is 25.2 Å². The first-order valence-electron chi connectivity index (χ1n) is 5.74. The van der Waals surface area contributed by atoms with E-state index in [1.807, 2.05) is 5.32 Å². The first-order valence-corrected chi connectivity index (χ1v) is 5.74. The van der Waals surface area contributed by atoms with E-state index in [1.165, 1.54) is 13.0 Å². The average Bonchev–Trinajstić information content (AvgIpc) is 2.28. The van der Waals surface area contributed by atoms with E-state index in [9.17, 15) is 31.1 Å². The summed E-state index contributed by atoms with van der Waals surface area (Å²) >= 11 is 0. The summed E-state index contributed by atoms with van der Waals surface area (Å²) in [7, 11) is 0. The van der Waals surface area contributed by atoms with Crippen LogP contribution in [0, 0.1) is 6.92 Å². The summed E-state index contributed by atoms with van der Waals surface area (Å²) in [6.45, 7) is -0.546. The molecule has 3 nitrogen and oxygen atoms in total. The maximum absolute atomic E-state index is 12.5. The maximum atomic E-state index is 12.5. The molecule has 118 valence electrons. The Balaban J connectivity index is 2.68. The molecule has 0 radical (unpaired) electrons. The molecular weight excluding hydrogens is 302 g/mol. The minimum absolute atomic E-state index is 0.0939. The van der Waals surface area contributed by atoms with Crippen molar-refractivity contribution in [3.05, 3.63) is 29.3 Å². The van der Waals surface area contributed by atoms with E-state index < -0.39 is 36.9 Å². The molecule has 0 spiro atoms. The molecule has 9 heteroatoms. The summed E-state index contributed by atoms with van der Waals surface area (Å²) in [6, 6.07) is 2.76. The molecule has 21 heavy (non-hydrogen) atoms. The Labute approximate surface area is 116 Å². The Bertz CT molecular complexity index is 509. The molecule has 1 amide bonds. The molecule has 0 saturated carbocycles. The van der Waals surface area contributed by atoms with Gasteiger partial charge in [0.1, 0.15) is 0 Å². The zero-order chi connectivity index (χ0) is 16.3. The third kappa shape index (κ3) is 6.03. The topological polar surface area (TPSA) is 41.1 Å². The minimum atomic E-state index is -4.57. The van der Waals surface area contributed by atoms with Gasteiger partial charge >= 0.3 is 12.4 Å². The molecule has 1 rings (SSSR count). The number of anilines is 1. The molecule has 2 N–H and O–H groups in total. The van der Waals surface area contributed by atoms with Crippen molar-refractivity contribution in [3.8, 4) is 0 Å². The fraction of sp³-hybridized carbons (Fsp3) is 0.417. The van der Waals surface area contributed by atoms with Gasteiger partial charge in [-0.05, 0) is 24.6 Å². The van der Waals surface area contributed by atoms with Crippen LogP contribution < -0.4 is 10.6 Å². The predicted octanol–water partition coefficient (Wildman–Crippen LogP) is 3.10. The first-order chi connectivity index (χ1) is 9.49. The fourth-order valence-corrected chi connectivity index (χ4v) is 1.45. The van der Waals surface area contributed by atoms with Crippen molar-refractivity contribution in [1.82, 2.24) is 5.32 Å². The molecule has 0 heterocycles. The zero-order valence-corrected chi connectivity index (χ0v) is 10.8. The number of aryl methyl sites for hydroxylation is 1. The SMILES string of the molecule is Cc1ccc(C(F)(F)F)cc1NC(=O)CNCC(F)(F)F. The van der Waals surface area contributed by atoms with Gasteiger partial charge in [0.15, 0.2) is 0 Å². The molecule has 0 aliphatic heterocycles. The van der Waals surface area contributed by atoms with Gasteiger partial charge in [-0.3, -0.25) is 4.79 Å². The smallest absolute Gasteiger partial charge is 0.325 e. The van der Waals surface area contributed by atoms with Crippen LogP contribution in [0.25, 0.3) is 0 Å². The lowest BCUT2D eigenvalue weighted by molar-refractivity contribution is -0.137. The lowest BCUT2D eigenvalue weighted by atomic mass is 10.1. The highest BCUT2D eigenvalue weighted by atomic mass is 19.4. The summed E-state index contributed by atoms with van der Waals surface area (Å²) in [5.74, 6) is -0.860. The third-order valence-corrected chi connectivity index (χ3v) is 2.45. The van der Waals surface area contributed by atoms with Crippen molar-refractivity contribution in [2.24, 2.45) is 0 Å². The van der Waals surface area contributed by atoms with Crippen LogP contribution in [0.2, 0.25) is 0 Å². The second-order valence-corrected chi connectivity index (χ2v) is 4.29. The van der Waals surface area contributed by atoms with Crippen molar-refractivity contribution in [2.45, 2.75) is 19.3 Å². The predicted molar refractivity (Wildman–Crippen MR) is 63.7 cm³/mol. The fourth-order valence-electron chi connectivity index (χ4n) is 1.45. The van der Waals surface area contributed by atoms with Crippen LogP contribution >= 0.6 is 0 Å². The second kappa shape index (κ2) is 6.33. The Morgan fingerprint density at radius 3 is 2.29 bits per heavy atom. The molecule has 1 aromatic carbocycles. The summed E-state index contributed by atoms with van der Waals surface area (Å²) in [5.41, 5.74) is -0.678. The number of rotatable bonds is 4. The Kier molecular flexibility index (Phi) is 5.21. The van der Waals surface area contributed by atoms with Crippen LogP contribution in [0.3, 0.4) is 0 Å². The van der Waals surface area contributed by atoms with Crippen LogP contribution in [0.15, 0.2) is 18.2 Å². The van der Waals surface area contributed by atoms with Gasteiger partial charge in [-0.25, -0.2) is 0 Å². The van der Waals surface area contributed by atoms with Crippen LogP contribution in [0.5, 0.6) is 0 Å². The Morgan fingerprint density at radius 2 is 1.76 bits per heavy atom. The standard InChI is InChI=1S/C12H12F6N2O/c1-7-2-3-8(12(16,17)18)4-9(7)20-10(21)5-19-6-11(13,14)15/h2-4,19H,5-6H2,1H3,(H,20,21). The van der Waals surface area contributed by atoms with Gasteiger partial charge in [-0.15, -0.1) is 0 Å². The minimum Gasteiger partial charge on any atom is -0.325 e. The normalized spacial score (nSPS) is 12.3. The van der Waals surface area contributed by atoms with Gasteiger partial charge in [-0.2, -0.15) is 26.3 Å². The molecule has 1 aromatic rings. The van der Waals surface area contributed by atoms with E-state index in [4.69, 9.17) is 0 Å². The molecule has 0 bridgehead atoms. The zero-order valence-electron chi connectivity index (χ0n) is 10.8. The molecule has 0 unspecified atom stereocenters. The number of benzene rings is 1. The number of carbonyl (C=O) groups is 1. The van der Waals surface area contributed by atoms with Crippen LogP contribution in [-0.2, 0) is 11.0 Å². The number of halogens is 6. The number of carbonyl (C=O) groups excluding carboxylic acids is 1. The number of nitrogens with one attached hydrogen (secondary N) is 2. The largest absolute Gasteiger partial charge is 0.416 e. The first kappa shape index (κ1) is 17.3. The number of hydrogen-bond acceptors (Lipinski definition) is 2. The van der Waals surface area contributed by atoms with E-state index in [0.717, 1.165) is 12.1 Å². The summed E-state index contributed by atoms with van der Waals surface area (Å²) in [5, 5.41) is 3.99. The van der Waals surface area contributed by atoms with Crippen molar-refractivity contribution >= 4 is 11.6 Å². The van der Waals surface area contributed by atoms with Gasteiger partial charge < -0.3 is 10.6 Å². The van der Waals surface area contributed by atoms with Crippen molar-refractivity contribution < 1.29 is 31.1 Å². The lowest BCUT2D eigenvalue weighted by Crippen LogP contribution is -2.35. The number of amides is 1. The summed E-state index contributed by atoms with van der Waals surface area (Å²) in [6.07, 6.45) is -9.03. The van der Waals surface area contributed by atoms with E-state index in [1.54, 1.807) is 0 Å². The highest BCUT2D eigenvalue weighted by Crippen LogP contribution is 2.31. The van der Waals surface area contributed by atoms with E-state index >= 15 is 0 Å². The van der Waals surface area contributed by atoms with Crippen molar-refractivity contribution in [3.63, 3.8) is 0 Å². The van der Waals surface area contributed by atoms with Gasteiger partial charge in [0.2, 0.25) is 5.91 Å². The quantitative estimate of drug-likeness (QED) is 0.839. The average molecular weight is 314 g/mol. The maximum Gasteiger partial charge on any atom is 0.416 e. The lowest BCUT2D eigenvalue weighted by Gasteiger charge is -2.13. The molecule has 0 fully saturated rings. The van der Waals surface area contributed by atoms with E-state index in [2.05, 4.69) is 5.32 Å². The molecule has 0 aliphatic rings. The molecule has 0 atom stereocenters. The van der Waals surface area contributed by atoms with Crippen LogP contribution in [0.4, 0.5) is 32.0 Å². The number of hydrogen-bond donors (Lipinski definition) is 2. The van der Waals surface area contributed by atoms with Crippen molar-refractivity contribution in [2.75, 3.05) is 18.4 Å². The highest BCUT2D eigenvalue weighted by molar-refractivity contribution is 5.93. The van der Waals surface area contributed by atoms with Crippen LogP contribution in [0.1, 0.15) is 11.1 Å². The van der Waals surface area contributed by atoms with Gasteiger partial charge in [0.05, 0.1) is 18.7 Å². The summed E-state index contributed by atoms with van der Waals surface area (Å²) < 4.78 is 73.1. The molecule has 0 aliphatic carbocycles. The molecular formula is C12H12F6N2O. The van der Waals surface area contributed by atoms with Gasteiger partial charge in [-0.1, -0.05) is 6.07 Å². The Hall–Kier alpha value is -1.77. The molecule has 0 aromatic heterocycles. The Morgan fingerprint density at radius 1 is 1.14 bits per heavy atom.